The molecule has 0 aromatic carbocycles. The third-order valence-corrected chi connectivity index (χ3v) is 7.21. The lowest BCUT2D eigenvalue weighted by atomic mass is 9.43. The molecule has 0 radical (unpaired) electrons. The van der Waals surface area contributed by atoms with E-state index in [4.69, 9.17) is 14.0 Å². The van der Waals surface area contributed by atoms with Gasteiger partial charge in [-0.1, -0.05) is 13.8 Å². The molecule has 5 atom stereocenters. The van der Waals surface area contributed by atoms with Crippen LogP contribution >= 0.6 is 0 Å². The predicted molar refractivity (Wildman–Crippen MR) is 96.1 cm³/mol. The van der Waals surface area contributed by atoms with E-state index in [1.807, 2.05) is 25.7 Å². The molecule has 5 aliphatic rings. The molecule has 5 fully saturated rings. The average molecular weight is 349 g/mol. The number of carbonyl (C=O) groups is 1. The summed E-state index contributed by atoms with van der Waals surface area (Å²) in [6.45, 7) is 13.4. The molecule has 140 valence electrons. The fourth-order valence-corrected chi connectivity index (χ4v) is 5.69. The zero-order chi connectivity index (χ0) is 18.2. The van der Waals surface area contributed by atoms with E-state index < -0.39 is 5.60 Å². The van der Waals surface area contributed by atoms with Gasteiger partial charge >= 0.3 is 13.2 Å². The fraction of sp³-hybridized carbons (Fsp3) is 0.947. The van der Waals surface area contributed by atoms with Gasteiger partial charge in [-0.15, -0.1) is 0 Å². The van der Waals surface area contributed by atoms with E-state index in [2.05, 4.69) is 20.8 Å². The SMILES string of the molecule is CC(C)(C)OC(=O)N1CCCC1B1OC2C[C@@H]3C[C@@H](C3(C)C)[C@]2(C)O1. The number of amides is 1. The van der Waals surface area contributed by atoms with Crippen LogP contribution in [0.15, 0.2) is 0 Å². The molecule has 0 N–H and O–H groups in total. The molecule has 2 bridgehead atoms. The second-order valence-corrected chi connectivity index (χ2v) is 10.2. The lowest BCUT2D eigenvalue weighted by Crippen LogP contribution is -2.65. The Morgan fingerprint density at radius 2 is 1.96 bits per heavy atom. The van der Waals surface area contributed by atoms with Crippen LogP contribution in [0.4, 0.5) is 4.79 Å². The van der Waals surface area contributed by atoms with Crippen molar-refractivity contribution in [1.82, 2.24) is 4.90 Å². The van der Waals surface area contributed by atoms with Crippen molar-refractivity contribution in [3.05, 3.63) is 0 Å². The van der Waals surface area contributed by atoms with Gasteiger partial charge in [-0.25, -0.2) is 4.79 Å². The van der Waals surface area contributed by atoms with Crippen LogP contribution in [0.25, 0.3) is 0 Å². The third kappa shape index (κ3) is 2.63. The molecule has 0 aromatic rings. The summed E-state index contributed by atoms with van der Waals surface area (Å²) in [5.74, 6) is 1.26. The Hall–Kier alpha value is -0.745. The molecule has 25 heavy (non-hydrogen) atoms. The van der Waals surface area contributed by atoms with Crippen molar-refractivity contribution in [2.75, 3.05) is 6.54 Å². The van der Waals surface area contributed by atoms with Gasteiger partial charge < -0.3 is 18.9 Å². The first kappa shape index (κ1) is 17.7. The first-order valence-electron chi connectivity index (χ1n) is 9.85. The van der Waals surface area contributed by atoms with Crippen molar-refractivity contribution >= 4 is 13.2 Å². The molecule has 2 saturated heterocycles. The maximum atomic E-state index is 12.6. The van der Waals surface area contributed by atoms with Crippen molar-refractivity contribution in [1.29, 1.82) is 0 Å². The highest BCUT2D eigenvalue weighted by molar-refractivity contribution is 6.47. The Balaban J connectivity index is 1.49. The molecule has 3 aliphatic carbocycles. The average Bonchev–Trinajstić information content (AvgIpc) is 3.07. The van der Waals surface area contributed by atoms with Crippen LogP contribution in [0.3, 0.4) is 0 Å². The van der Waals surface area contributed by atoms with Gasteiger partial charge in [0, 0.05) is 6.54 Å². The van der Waals surface area contributed by atoms with Gasteiger partial charge in [0.25, 0.3) is 0 Å². The number of rotatable bonds is 1. The van der Waals surface area contributed by atoms with E-state index in [-0.39, 0.29) is 30.9 Å². The summed E-state index contributed by atoms with van der Waals surface area (Å²) in [6.07, 6.45) is 4.14. The summed E-state index contributed by atoms with van der Waals surface area (Å²) >= 11 is 0. The predicted octanol–water partition coefficient (Wildman–Crippen LogP) is 3.65. The second kappa shape index (κ2) is 5.38. The lowest BCUT2D eigenvalue weighted by Gasteiger charge is -2.64. The van der Waals surface area contributed by atoms with Crippen molar-refractivity contribution in [2.45, 2.75) is 90.5 Å². The normalized spacial score (nSPS) is 42.2. The highest BCUT2D eigenvalue weighted by atomic mass is 16.7. The zero-order valence-corrected chi connectivity index (χ0v) is 16.5. The lowest BCUT2D eigenvalue weighted by molar-refractivity contribution is -0.199. The highest BCUT2D eigenvalue weighted by Gasteiger charge is 2.69. The molecule has 2 heterocycles. The maximum absolute atomic E-state index is 12.6. The highest BCUT2D eigenvalue weighted by Crippen LogP contribution is 2.65. The fourth-order valence-electron chi connectivity index (χ4n) is 5.69. The number of hydrogen-bond donors (Lipinski definition) is 0. The second-order valence-electron chi connectivity index (χ2n) is 10.2. The van der Waals surface area contributed by atoms with Crippen LogP contribution in [0.2, 0.25) is 0 Å². The van der Waals surface area contributed by atoms with E-state index >= 15 is 0 Å². The number of nitrogens with zero attached hydrogens (tertiary/aromatic N) is 1. The largest absolute Gasteiger partial charge is 0.482 e. The van der Waals surface area contributed by atoms with Crippen molar-refractivity contribution in [3.8, 4) is 0 Å². The van der Waals surface area contributed by atoms with E-state index in [1.54, 1.807) is 0 Å². The molecule has 6 heteroatoms. The monoisotopic (exact) mass is 349 g/mol. The van der Waals surface area contributed by atoms with Crippen LogP contribution in [0, 0.1) is 17.3 Å². The van der Waals surface area contributed by atoms with Gasteiger partial charge in [0.05, 0.1) is 17.6 Å². The van der Waals surface area contributed by atoms with Crippen molar-refractivity contribution in [3.63, 3.8) is 0 Å². The van der Waals surface area contributed by atoms with E-state index in [0.717, 1.165) is 31.7 Å². The third-order valence-electron chi connectivity index (χ3n) is 7.21. The molecule has 0 spiro atoms. The Morgan fingerprint density at radius 1 is 1.24 bits per heavy atom. The first-order chi connectivity index (χ1) is 11.5. The Kier molecular flexibility index (Phi) is 3.80. The number of ether oxygens (including phenoxy) is 1. The molecular weight excluding hydrogens is 317 g/mol. The molecule has 0 aromatic heterocycles. The number of likely N-dealkylation sites (tertiary alicyclic amines) is 1. The summed E-state index contributed by atoms with van der Waals surface area (Å²) in [7, 11) is -0.319. The molecule has 3 saturated carbocycles. The first-order valence-corrected chi connectivity index (χ1v) is 9.85. The smallest absolute Gasteiger partial charge is 0.444 e. The van der Waals surface area contributed by atoms with Crippen LogP contribution in [0.5, 0.6) is 0 Å². The van der Waals surface area contributed by atoms with Crippen LogP contribution < -0.4 is 0 Å². The van der Waals surface area contributed by atoms with Gasteiger partial charge in [-0.05, 0) is 70.6 Å². The Labute approximate surface area is 151 Å². The van der Waals surface area contributed by atoms with Crippen molar-refractivity contribution in [2.24, 2.45) is 17.3 Å². The molecule has 5 rings (SSSR count). The van der Waals surface area contributed by atoms with Gasteiger partial charge in [-0.3, -0.25) is 0 Å². The Morgan fingerprint density at radius 3 is 2.60 bits per heavy atom. The van der Waals surface area contributed by atoms with Gasteiger partial charge in [-0.2, -0.15) is 0 Å². The standard InChI is InChI=1S/C19H32BNO4/c1-17(2,3)23-16(22)21-9-7-8-15(21)20-24-14-11-12-10-13(18(12,4)5)19(14,6)25-20/h12-15H,7-11H2,1-6H3/t12-,13-,14?,15?,19-/m0/s1. The molecule has 2 aliphatic heterocycles. The van der Waals surface area contributed by atoms with Gasteiger partial charge in [0.15, 0.2) is 0 Å². The minimum absolute atomic E-state index is 0.0300. The van der Waals surface area contributed by atoms with Crippen LogP contribution in [0.1, 0.15) is 67.2 Å². The van der Waals surface area contributed by atoms with Crippen LogP contribution in [-0.2, 0) is 14.0 Å². The maximum Gasteiger partial charge on any atom is 0.482 e. The summed E-state index contributed by atoms with van der Waals surface area (Å²) < 4.78 is 18.5. The summed E-state index contributed by atoms with van der Waals surface area (Å²) in [4.78, 5) is 14.4. The summed E-state index contributed by atoms with van der Waals surface area (Å²) in [6, 6.07) is 0. The van der Waals surface area contributed by atoms with Crippen molar-refractivity contribution < 1.29 is 18.8 Å². The van der Waals surface area contributed by atoms with Crippen LogP contribution in [-0.4, -0.2) is 47.9 Å². The number of hydrogen-bond acceptors (Lipinski definition) is 4. The minimum atomic E-state index is -0.479. The molecule has 1 amide bonds. The molecule has 2 unspecified atom stereocenters. The minimum Gasteiger partial charge on any atom is -0.444 e. The van der Waals surface area contributed by atoms with Gasteiger partial charge in [0.1, 0.15) is 5.60 Å². The number of carbonyl (C=O) groups excluding carboxylic acids is 1. The summed E-state index contributed by atoms with van der Waals surface area (Å²) in [5, 5.41) is 0. The molecular formula is C19H32BNO4. The molecule has 5 nitrogen and oxygen atoms in total. The topological polar surface area (TPSA) is 48.0 Å². The van der Waals surface area contributed by atoms with Gasteiger partial charge in [0.2, 0.25) is 0 Å². The summed E-state index contributed by atoms with van der Waals surface area (Å²) in [5.41, 5.74) is -0.359. The van der Waals surface area contributed by atoms with E-state index in [0.29, 0.717) is 11.3 Å². The zero-order valence-electron chi connectivity index (χ0n) is 16.5. The quantitative estimate of drug-likeness (QED) is 0.678. The van der Waals surface area contributed by atoms with E-state index in [1.165, 1.54) is 6.42 Å². The van der Waals surface area contributed by atoms with E-state index in [9.17, 15) is 4.79 Å². The Bertz CT molecular complexity index is 574.